The second kappa shape index (κ2) is 13.5. The van der Waals surface area contributed by atoms with Crippen molar-refractivity contribution in [3.63, 3.8) is 0 Å². The van der Waals surface area contributed by atoms with Gasteiger partial charge in [0.05, 0.1) is 24.0 Å². The Hall–Kier alpha value is -3.84. The third-order valence-corrected chi connectivity index (χ3v) is 12.3. The van der Waals surface area contributed by atoms with Gasteiger partial charge in [0.2, 0.25) is 11.8 Å². The van der Waals surface area contributed by atoms with Crippen LogP contribution < -0.4 is 10.6 Å². The van der Waals surface area contributed by atoms with E-state index in [0.717, 1.165) is 28.4 Å². The fourth-order valence-electron chi connectivity index (χ4n) is 10.3. The SMILES string of the molecule is C=C[C@@]1(C)CC(=O)C2[C@@]3(C)CCCC(C)(C)C3[C@H](O)[C@H](OC(=O)CCC(=O)NCCNC(=O)CCc3ccc4n3C(F)(F)n3cccc3C4)[C@@]2(C)O1. The van der Waals surface area contributed by atoms with Crippen molar-refractivity contribution in [2.75, 3.05) is 13.1 Å². The number of aliphatic hydroxyl groups excluding tert-OH is 1. The van der Waals surface area contributed by atoms with Gasteiger partial charge in [0.25, 0.3) is 0 Å². The summed E-state index contributed by atoms with van der Waals surface area (Å²) >= 11 is 0. The van der Waals surface area contributed by atoms with E-state index in [1.165, 1.54) is 6.20 Å². The summed E-state index contributed by atoms with van der Waals surface area (Å²) in [7, 11) is 0. The molecule has 2 aromatic rings. The van der Waals surface area contributed by atoms with E-state index >= 15 is 8.78 Å². The van der Waals surface area contributed by atoms with Gasteiger partial charge < -0.3 is 25.2 Å². The van der Waals surface area contributed by atoms with Crippen LogP contribution in [-0.2, 0) is 47.7 Å². The van der Waals surface area contributed by atoms with Crippen LogP contribution in [0.25, 0.3) is 0 Å². The van der Waals surface area contributed by atoms with Crippen LogP contribution in [-0.4, -0.2) is 74.3 Å². The van der Waals surface area contributed by atoms with E-state index in [9.17, 15) is 24.3 Å². The molecule has 2 amide bonds. The largest absolute Gasteiger partial charge is 0.456 e. The number of aliphatic hydroxyl groups is 1. The van der Waals surface area contributed by atoms with E-state index in [1.54, 1.807) is 44.2 Å². The number of aromatic nitrogens is 2. The number of carbonyl (C=O) groups excluding carboxylic acids is 4. The molecule has 13 heteroatoms. The molecule has 284 valence electrons. The lowest BCUT2D eigenvalue weighted by molar-refractivity contribution is -0.307. The first kappa shape index (κ1) is 37.9. The Bertz CT molecular complexity index is 1750. The zero-order chi connectivity index (χ0) is 37.9. The molecule has 7 atom stereocenters. The number of hydrogen-bond donors (Lipinski definition) is 3. The summed E-state index contributed by atoms with van der Waals surface area (Å²) in [6.45, 7) is 13.8. The summed E-state index contributed by atoms with van der Waals surface area (Å²) in [4.78, 5) is 52.4. The lowest BCUT2D eigenvalue weighted by Crippen LogP contribution is -2.75. The first-order valence-electron chi connectivity index (χ1n) is 18.4. The minimum atomic E-state index is -3.27. The Morgan fingerprint density at radius 2 is 1.71 bits per heavy atom. The molecule has 0 spiro atoms. The van der Waals surface area contributed by atoms with Gasteiger partial charge in [-0.25, -0.2) is 0 Å². The Morgan fingerprint density at radius 1 is 1.02 bits per heavy atom. The number of rotatable bonds is 11. The molecule has 0 aromatic carbocycles. The topological polar surface area (TPSA) is 141 Å². The van der Waals surface area contributed by atoms with Crippen LogP contribution in [0.2, 0.25) is 0 Å². The zero-order valence-electron chi connectivity index (χ0n) is 30.8. The molecule has 0 radical (unpaired) electrons. The molecule has 11 nitrogen and oxygen atoms in total. The maximum atomic E-state index is 15.2. The van der Waals surface area contributed by atoms with Crippen molar-refractivity contribution in [1.82, 2.24) is 19.8 Å². The van der Waals surface area contributed by atoms with E-state index in [-0.39, 0.29) is 68.2 Å². The number of hydrogen-bond acceptors (Lipinski definition) is 7. The first-order chi connectivity index (χ1) is 24.4. The van der Waals surface area contributed by atoms with E-state index in [0.29, 0.717) is 23.5 Å². The maximum absolute atomic E-state index is 15.2. The van der Waals surface area contributed by atoms with Gasteiger partial charge in [-0.2, -0.15) is 8.78 Å². The van der Waals surface area contributed by atoms with Gasteiger partial charge in [0, 0.05) is 62.1 Å². The normalized spacial score (nSPS) is 32.7. The number of ketones is 1. The van der Waals surface area contributed by atoms with Gasteiger partial charge in [0.1, 0.15) is 11.4 Å². The standard InChI is InChI=1S/C39H52F2N4O7/c1-7-36(4)23-27(46)32-37(5)18-9-17-35(2,3)33(37)31(50)34(38(32,6)52-36)51-30(49)16-15-29(48)43-20-19-42-28(47)14-13-24-11-12-26-22-25-10-8-21-44(25)39(40,41)45(24)26/h7-8,10-12,21,31-34,50H,1,9,13-20,22-23H2,2-6H3,(H,42,47)(H,43,48)/t31-,32?,33?,34-,36-,37+,38-/m0/s1. The van der Waals surface area contributed by atoms with Crippen molar-refractivity contribution in [3.8, 4) is 0 Å². The molecule has 2 aliphatic heterocycles. The number of esters is 1. The third-order valence-electron chi connectivity index (χ3n) is 12.3. The first-order valence-corrected chi connectivity index (χ1v) is 18.4. The Balaban J connectivity index is 0.992. The third kappa shape index (κ3) is 6.52. The highest BCUT2D eigenvalue weighted by Crippen LogP contribution is 2.65. The molecule has 3 fully saturated rings. The van der Waals surface area contributed by atoms with Gasteiger partial charge in [-0.05, 0) is 74.1 Å². The number of amides is 2. The zero-order valence-corrected chi connectivity index (χ0v) is 30.8. The predicted octanol–water partition coefficient (Wildman–Crippen LogP) is 4.62. The average molecular weight is 727 g/mol. The smallest absolute Gasteiger partial charge is 0.421 e. The van der Waals surface area contributed by atoms with Gasteiger partial charge >= 0.3 is 12.1 Å². The molecule has 2 aliphatic carbocycles. The number of Topliss-reactive ketones (excluding diaryl/α,β-unsaturated/α-hetero) is 1. The fourth-order valence-corrected chi connectivity index (χ4v) is 10.3. The van der Waals surface area contributed by atoms with Crippen LogP contribution >= 0.6 is 0 Å². The Kier molecular flexibility index (Phi) is 9.87. The molecule has 3 N–H and O–H groups in total. The number of ether oxygens (including phenoxy) is 2. The lowest BCUT2D eigenvalue weighted by atomic mass is 9.42. The van der Waals surface area contributed by atoms with Crippen molar-refractivity contribution in [1.29, 1.82) is 0 Å². The van der Waals surface area contributed by atoms with Crippen LogP contribution in [0.15, 0.2) is 43.1 Å². The number of halogens is 2. The van der Waals surface area contributed by atoms with Crippen LogP contribution in [0.4, 0.5) is 8.78 Å². The molecule has 4 heterocycles. The number of fused-ring (bicyclic) bond motifs is 5. The molecule has 1 saturated heterocycles. The van der Waals surface area contributed by atoms with Gasteiger partial charge in [-0.1, -0.05) is 33.3 Å². The molecular formula is C39H52F2N4O7. The monoisotopic (exact) mass is 726 g/mol. The van der Waals surface area contributed by atoms with Crippen LogP contribution in [0.1, 0.15) is 96.6 Å². The Labute approximate surface area is 303 Å². The van der Waals surface area contributed by atoms with Crippen molar-refractivity contribution in [2.45, 2.75) is 122 Å². The van der Waals surface area contributed by atoms with E-state index < -0.39 is 52.8 Å². The molecular weight excluding hydrogens is 674 g/mol. The van der Waals surface area contributed by atoms with Crippen molar-refractivity contribution in [2.24, 2.45) is 22.7 Å². The van der Waals surface area contributed by atoms with E-state index in [2.05, 4.69) is 38.0 Å². The molecule has 4 aliphatic rings. The number of aryl methyl sites for hydroxylation is 1. The average Bonchev–Trinajstić information content (AvgIpc) is 3.70. The van der Waals surface area contributed by atoms with Crippen molar-refractivity contribution < 1.29 is 42.5 Å². The minimum absolute atomic E-state index is 0.00187. The maximum Gasteiger partial charge on any atom is 0.421 e. The molecule has 2 saturated carbocycles. The lowest BCUT2D eigenvalue weighted by Gasteiger charge is -2.67. The van der Waals surface area contributed by atoms with Crippen LogP contribution in [0, 0.1) is 22.7 Å². The van der Waals surface area contributed by atoms with Crippen molar-refractivity contribution >= 4 is 23.6 Å². The fraction of sp³-hybridized carbons (Fsp3) is 0.641. The van der Waals surface area contributed by atoms with Crippen molar-refractivity contribution in [3.05, 3.63) is 60.2 Å². The second-order valence-electron chi connectivity index (χ2n) is 16.5. The Morgan fingerprint density at radius 3 is 2.40 bits per heavy atom. The quantitative estimate of drug-likeness (QED) is 0.174. The summed E-state index contributed by atoms with van der Waals surface area (Å²) in [6, 6.07) is 6.53. The van der Waals surface area contributed by atoms with E-state index in [1.807, 2.05) is 0 Å². The number of alkyl halides is 2. The minimum Gasteiger partial charge on any atom is -0.456 e. The highest BCUT2D eigenvalue weighted by molar-refractivity contribution is 5.86. The molecule has 2 aromatic heterocycles. The molecule has 52 heavy (non-hydrogen) atoms. The summed E-state index contributed by atoms with van der Waals surface area (Å²) in [5.41, 5.74) is -1.86. The number of nitrogens with one attached hydrogen (secondary N) is 2. The summed E-state index contributed by atoms with van der Waals surface area (Å²) in [5, 5.41) is 17.3. The summed E-state index contributed by atoms with van der Waals surface area (Å²) < 4.78 is 44.9. The highest BCUT2D eigenvalue weighted by atomic mass is 19.3. The number of nitrogens with zero attached hydrogens (tertiary/aromatic N) is 2. The van der Waals surface area contributed by atoms with Crippen LogP contribution in [0.3, 0.4) is 0 Å². The summed E-state index contributed by atoms with van der Waals surface area (Å²) in [6.07, 6.45) is 0.0827. The predicted molar refractivity (Wildman–Crippen MR) is 187 cm³/mol. The number of carbonyl (C=O) groups is 4. The van der Waals surface area contributed by atoms with Crippen LogP contribution in [0.5, 0.6) is 0 Å². The molecule has 0 bridgehead atoms. The molecule has 6 rings (SSSR count). The van der Waals surface area contributed by atoms with E-state index in [4.69, 9.17) is 9.47 Å². The van der Waals surface area contributed by atoms with Gasteiger partial charge in [0.15, 0.2) is 6.10 Å². The molecule has 2 unspecified atom stereocenters. The highest BCUT2D eigenvalue weighted by Gasteiger charge is 2.71. The second-order valence-corrected chi connectivity index (χ2v) is 16.5. The van der Waals surface area contributed by atoms with Gasteiger partial charge in [-0.3, -0.25) is 28.3 Å². The van der Waals surface area contributed by atoms with Gasteiger partial charge in [-0.15, -0.1) is 6.58 Å². The summed E-state index contributed by atoms with van der Waals surface area (Å²) in [5.74, 6) is -2.42.